The zero-order valence-corrected chi connectivity index (χ0v) is 13.1. The third-order valence-electron chi connectivity index (χ3n) is 3.09. The fraction of sp³-hybridized carbons (Fsp3) is 0. The number of hydrogen-bond donors (Lipinski definition) is 1. The third kappa shape index (κ3) is 2.82. The van der Waals surface area contributed by atoms with Gasteiger partial charge in [0.25, 0.3) is 11.8 Å². The zero-order chi connectivity index (χ0) is 14.8. The van der Waals surface area contributed by atoms with E-state index in [1.807, 2.05) is 42.5 Å². The van der Waals surface area contributed by atoms with Crippen LogP contribution in [0.3, 0.4) is 0 Å². The Morgan fingerprint density at radius 3 is 2.29 bits per heavy atom. The highest BCUT2D eigenvalue weighted by Gasteiger charge is 2.34. The van der Waals surface area contributed by atoms with Crippen molar-refractivity contribution < 1.29 is 9.59 Å². The molecule has 1 N–H and O–H groups in total. The molecule has 0 bridgehead atoms. The Morgan fingerprint density at radius 1 is 0.952 bits per heavy atom. The number of amides is 2. The monoisotopic (exact) mass is 390 g/mol. The van der Waals surface area contributed by atoms with Gasteiger partial charge in [0.05, 0.1) is 5.69 Å². The molecule has 0 saturated carbocycles. The van der Waals surface area contributed by atoms with E-state index < -0.39 is 0 Å². The van der Waals surface area contributed by atoms with Gasteiger partial charge in [0.15, 0.2) is 0 Å². The highest BCUT2D eigenvalue weighted by Crippen LogP contribution is 2.21. The van der Waals surface area contributed by atoms with Crippen LogP contribution in [-0.2, 0) is 9.59 Å². The van der Waals surface area contributed by atoms with Crippen LogP contribution in [-0.4, -0.2) is 11.8 Å². The van der Waals surface area contributed by atoms with Crippen molar-refractivity contribution in [3.05, 3.63) is 69.3 Å². The lowest BCUT2D eigenvalue weighted by atomic mass is 10.1. The third-order valence-corrected chi connectivity index (χ3v) is 3.81. The second-order valence-corrected chi connectivity index (χ2v) is 5.77. The van der Waals surface area contributed by atoms with Crippen LogP contribution in [0.1, 0.15) is 5.56 Å². The Kier molecular flexibility index (Phi) is 3.74. The number of carbonyl (C=O) groups excluding carboxylic acids is 2. The number of halogens is 1. The average molecular weight is 390 g/mol. The molecule has 0 aromatic heterocycles. The smallest absolute Gasteiger partial charge is 0.267 e. The van der Waals surface area contributed by atoms with Gasteiger partial charge in [0.2, 0.25) is 0 Å². The van der Waals surface area contributed by atoms with E-state index in [2.05, 4.69) is 28.0 Å². The maximum Gasteiger partial charge on any atom is 0.282 e. The topological polar surface area (TPSA) is 49.4 Å². The van der Waals surface area contributed by atoms with Gasteiger partial charge in [0, 0.05) is 3.57 Å². The lowest BCUT2D eigenvalue weighted by Gasteiger charge is -2.13. The summed E-state index contributed by atoms with van der Waals surface area (Å²) in [5, 5.41) is 1.26. The first-order chi connectivity index (χ1) is 10.1. The zero-order valence-electron chi connectivity index (χ0n) is 10.9. The summed E-state index contributed by atoms with van der Waals surface area (Å²) >= 11 is 2.21. The SMILES string of the molecule is O=C1NN(c2ccccc2)C(=O)C1=Cc1ccc(I)cc1. The molecular formula is C16H11IN2O2. The van der Waals surface area contributed by atoms with Crippen molar-refractivity contribution in [3.63, 3.8) is 0 Å². The van der Waals surface area contributed by atoms with E-state index in [0.717, 1.165) is 9.13 Å². The molecule has 2 aromatic rings. The van der Waals surface area contributed by atoms with Gasteiger partial charge in [-0.1, -0.05) is 30.3 Å². The number of nitrogens with zero attached hydrogens (tertiary/aromatic N) is 1. The van der Waals surface area contributed by atoms with Crippen LogP contribution in [0.5, 0.6) is 0 Å². The summed E-state index contributed by atoms with van der Waals surface area (Å²) in [4.78, 5) is 24.4. The summed E-state index contributed by atoms with van der Waals surface area (Å²) in [7, 11) is 0. The van der Waals surface area contributed by atoms with Gasteiger partial charge in [-0.3, -0.25) is 15.0 Å². The molecule has 0 radical (unpaired) electrons. The van der Waals surface area contributed by atoms with Gasteiger partial charge in [-0.25, -0.2) is 5.01 Å². The number of nitrogens with one attached hydrogen (secondary N) is 1. The molecule has 2 amide bonds. The molecule has 1 heterocycles. The minimum absolute atomic E-state index is 0.139. The summed E-state index contributed by atoms with van der Waals surface area (Å²) in [5.41, 5.74) is 4.18. The number of carbonyl (C=O) groups is 2. The lowest BCUT2D eigenvalue weighted by molar-refractivity contribution is -0.117. The largest absolute Gasteiger partial charge is 0.282 e. The van der Waals surface area contributed by atoms with Crippen molar-refractivity contribution in [3.8, 4) is 0 Å². The van der Waals surface area contributed by atoms with Crippen LogP contribution in [0.4, 0.5) is 5.69 Å². The molecule has 5 heteroatoms. The Balaban J connectivity index is 1.92. The van der Waals surface area contributed by atoms with Gasteiger partial charge >= 0.3 is 0 Å². The average Bonchev–Trinajstić information content (AvgIpc) is 2.78. The van der Waals surface area contributed by atoms with E-state index in [9.17, 15) is 9.59 Å². The van der Waals surface area contributed by atoms with Gasteiger partial charge in [-0.05, 0) is 58.5 Å². The highest BCUT2D eigenvalue weighted by molar-refractivity contribution is 14.1. The van der Waals surface area contributed by atoms with Crippen molar-refractivity contribution in [2.24, 2.45) is 0 Å². The van der Waals surface area contributed by atoms with Gasteiger partial charge in [0.1, 0.15) is 5.57 Å². The molecule has 0 aliphatic carbocycles. The summed E-state index contributed by atoms with van der Waals surface area (Å²) in [5.74, 6) is -0.729. The van der Waals surface area contributed by atoms with Crippen LogP contribution in [0.2, 0.25) is 0 Å². The van der Waals surface area contributed by atoms with Crippen molar-refractivity contribution in [2.75, 3.05) is 5.01 Å². The molecule has 1 saturated heterocycles. The number of anilines is 1. The molecule has 0 unspecified atom stereocenters. The fourth-order valence-corrected chi connectivity index (χ4v) is 2.40. The molecule has 104 valence electrons. The number of rotatable bonds is 2. The summed E-state index contributed by atoms with van der Waals surface area (Å²) in [6.45, 7) is 0. The number of para-hydroxylation sites is 1. The predicted molar refractivity (Wildman–Crippen MR) is 89.2 cm³/mol. The lowest BCUT2D eigenvalue weighted by Crippen LogP contribution is -2.35. The first kappa shape index (κ1) is 13.8. The molecule has 0 atom stereocenters. The Hall–Kier alpha value is -2.15. The van der Waals surface area contributed by atoms with Crippen molar-refractivity contribution in [1.29, 1.82) is 0 Å². The Bertz CT molecular complexity index is 724. The van der Waals surface area contributed by atoms with Crippen LogP contribution >= 0.6 is 22.6 Å². The fourth-order valence-electron chi connectivity index (χ4n) is 2.04. The Labute approximate surface area is 135 Å². The number of hydrazine groups is 1. The van der Waals surface area contributed by atoms with Crippen molar-refractivity contribution >= 4 is 46.2 Å². The minimum atomic E-state index is -0.387. The first-order valence-electron chi connectivity index (χ1n) is 6.33. The molecule has 3 rings (SSSR count). The molecule has 21 heavy (non-hydrogen) atoms. The van der Waals surface area contributed by atoms with E-state index >= 15 is 0 Å². The van der Waals surface area contributed by atoms with Crippen LogP contribution in [0.25, 0.3) is 6.08 Å². The van der Waals surface area contributed by atoms with E-state index in [1.165, 1.54) is 5.01 Å². The quantitative estimate of drug-likeness (QED) is 0.487. The van der Waals surface area contributed by atoms with Crippen molar-refractivity contribution in [1.82, 2.24) is 5.43 Å². The highest BCUT2D eigenvalue weighted by atomic mass is 127. The molecule has 4 nitrogen and oxygen atoms in total. The second kappa shape index (κ2) is 5.69. The number of hydrogen-bond acceptors (Lipinski definition) is 2. The molecule has 1 aliphatic heterocycles. The van der Waals surface area contributed by atoms with Gasteiger partial charge in [-0.2, -0.15) is 0 Å². The minimum Gasteiger partial charge on any atom is -0.267 e. The van der Waals surface area contributed by atoms with Gasteiger partial charge in [-0.15, -0.1) is 0 Å². The normalized spacial score (nSPS) is 16.4. The Morgan fingerprint density at radius 2 is 1.62 bits per heavy atom. The summed E-state index contributed by atoms with van der Waals surface area (Å²) < 4.78 is 1.10. The molecule has 2 aromatic carbocycles. The molecule has 1 fully saturated rings. The van der Waals surface area contributed by atoms with E-state index in [0.29, 0.717) is 5.69 Å². The second-order valence-electron chi connectivity index (χ2n) is 4.53. The standard InChI is InChI=1S/C16H11IN2O2/c17-12-8-6-11(7-9-12)10-14-15(20)18-19(16(14)21)13-4-2-1-3-5-13/h1-10H,(H,18,20). The van der Waals surface area contributed by atoms with E-state index in [-0.39, 0.29) is 17.4 Å². The van der Waals surface area contributed by atoms with Crippen LogP contribution in [0, 0.1) is 3.57 Å². The first-order valence-corrected chi connectivity index (χ1v) is 7.41. The maximum absolute atomic E-state index is 12.4. The summed E-state index contributed by atoms with van der Waals surface area (Å²) in [6.07, 6.45) is 1.61. The molecular weight excluding hydrogens is 379 g/mol. The summed E-state index contributed by atoms with van der Waals surface area (Å²) in [6, 6.07) is 16.6. The van der Waals surface area contributed by atoms with E-state index in [4.69, 9.17) is 0 Å². The van der Waals surface area contributed by atoms with Gasteiger partial charge < -0.3 is 0 Å². The van der Waals surface area contributed by atoms with Crippen LogP contribution in [0.15, 0.2) is 60.2 Å². The molecule has 1 aliphatic rings. The maximum atomic E-state index is 12.4. The van der Waals surface area contributed by atoms with Crippen LogP contribution < -0.4 is 10.4 Å². The van der Waals surface area contributed by atoms with Crippen molar-refractivity contribution in [2.45, 2.75) is 0 Å². The predicted octanol–water partition coefficient (Wildman–Crippen LogP) is 2.75. The van der Waals surface area contributed by atoms with E-state index in [1.54, 1.807) is 18.2 Å². The molecule has 0 spiro atoms. The number of benzene rings is 2.